The van der Waals surface area contributed by atoms with Crippen molar-refractivity contribution >= 4 is 21.8 Å². The summed E-state index contributed by atoms with van der Waals surface area (Å²) in [5.41, 5.74) is -0.681. The van der Waals surface area contributed by atoms with Crippen molar-refractivity contribution in [2.75, 3.05) is 6.54 Å². The minimum atomic E-state index is -4.34. The van der Waals surface area contributed by atoms with Crippen LogP contribution in [0.5, 0.6) is 0 Å². The standard InChI is InChI=1S/C10H8F3N2S2/c1-15(6-5-14)17-16-9-4-2-3-8(7-9)10(11,12)13/h2-4,7H,1,6H2. The van der Waals surface area contributed by atoms with Crippen molar-refractivity contribution in [3.05, 3.63) is 36.9 Å². The second-order valence-electron chi connectivity index (χ2n) is 2.98. The highest BCUT2D eigenvalue weighted by molar-refractivity contribution is 8.75. The van der Waals surface area contributed by atoms with E-state index in [1.807, 2.05) is 6.07 Å². The van der Waals surface area contributed by atoms with Crippen LogP contribution in [-0.2, 0) is 6.18 Å². The van der Waals surface area contributed by atoms with Gasteiger partial charge in [0.2, 0.25) is 0 Å². The lowest BCUT2D eigenvalue weighted by atomic mass is 10.2. The zero-order valence-electron chi connectivity index (χ0n) is 8.57. The molecule has 2 nitrogen and oxygen atoms in total. The zero-order chi connectivity index (χ0) is 12.9. The van der Waals surface area contributed by atoms with E-state index in [1.165, 1.54) is 10.4 Å². The van der Waals surface area contributed by atoms with Gasteiger partial charge in [-0.2, -0.15) is 18.4 Å². The molecule has 0 spiro atoms. The van der Waals surface area contributed by atoms with Crippen LogP contribution in [0.1, 0.15) is 5.56 Å². The van der Waals surface area contributed by atoms with Gasteiger partial charge in [-0.05, 0) is 40.0 Å². The number of halogens is 3. The van der Waals surface area contributed by atoms with Crippen LogP contribution in [0.15, 0.2) is 29.2 Å². The van der Waals surface area contributed by atoms with Gasteiger partial charge in [0.1, 0.15) is 0 Å². The summed E-state index contributed by atoms with van der Waals surface area (Å²) in [4.78, 5) is 0.469. The summed E-state index contributed by atoms with van der Waals surface area (Å²) in [7, 11) is 5.79. The van der Waals surface area contributed by atoms with Crippen LogP contribution in [0.25, 0.3) is 0 Å². The highest BCUT2D eigenvalue weighted by Gasteiger charge is 2.30. The SMILES string of the molecule is [CH2]N(CC#N)SSc1cccc(C(F)(F)F)c1. The van der Waals surface area contributed by atoms with Crippen LogP contribution in [-0.4, -0.2) is 10.8 Å². The molecule has 1 aromatic carbocycles. The van der Waals surface area contributed by atoms with E-state index >= 15 is 0 Å². The first-order valence-corrected chi connectivity index (χ1v) is 6.51. The van der Waals surface area contributed by atoms with E-state index in [-0.39, 0.29) is 6.54 Å². The highest BCUT2D eigenvalue weighted by atomic mass is 33.1. The van der Waals surface area contributed by atoms with E-state index in [9.17, 15) is 13.2 Å². The third-order valence-corrected chi connectivity index (χ3v) is 3.94. The molecule has 7 heteroatoms. The molecule has 1 rings (SSSR count). The van der Waals surface area contributed by atoms with Crippen LogP contribution < -0.4 is 0 Å². The fourth-order valence-corrected chi connectivity index (χ4v) is 2.58. The van der Waals surface area contributed by atoms with Crippen molar-refractivity contribution < 1.29 is 13.2 Å². The van der Waals surface area contributed by atoms with Gasteiger partial charge in [0.15, 0.2) is 0 Å². The van der Waals surface area contributed by atoms with Gasteiger partial charge in [-0.25, -0.2) is 4.31 Å². The Kier molecular flexibility index (Phi) is 5.18. The van der Waals surface area contributed by atoms with Gasteiger partial charge >= 0.3 is 6.18 Å². The van der Waals surface area contributed by atoms with Crippen molar-refractivity contribution in [1.82, 2.24) is 4.31 Å². The molecular weight excluding hydrogens is 269 g/mol. The molecule has 0 aliphatic rings. The summed E-state index contributed by atoms with van der Waals surface area (Å²) in [6, 6.07) is 6.90. The summed E-state index contributed by atoms with van der Waals surface area (Å²) in [6.07, 6.45) is -4.34. The molecular formula is C10H8F3N2S2. The van der Waals surface area contributed by atoms with E-state index in [1.54, 1.807) is 6.07 Å². The van der Waals surface area contributed by atoms with Gasteiger partial charge in [-0.3, -0.25) is 0 Å². The topological polar surface area (TPSA) is 27.0 Å². The normalized spacial score (nSPS) is 11.5. The number of nitrogens with zero attached hydrogens (tertiary/aromatic N) is 2. The number of benzene rings is 1. The fourth-order valence-electron chi connectivity index (χ4n) is 0.925. The second kappa shape index (κ2) is 6.19. The summed E-state index contributed by atoms with van der Waals surface area (Å²) < 4.78 is 38.6. The first-order valence-electron chi connectivity index (χ1n) is 4.40. The Hall–Kier alpha value is -0.840. The molecule has 0 saturated carbocycles. The summed E-state index contributed by atoms with van der Waals surface area (Å²) >= 11 is 0. The number of nitriles is 1. The van der Waals surface area contributed by atoms with Crippen molar-refractivity contribution in [2.45, 2.75) is 11.1 Å². The molecule has 0 unspecified atom stereocenters. The lowest BCUT2D eigenvalue weighted by molar-refractivity contribution is -0.137. The van der Waals surface area contributed by atoms with E-state index in [2.05, 4.69) is 7.05 Å². The Labute approximate surface area is 105 Å². The maximum absolute atomic E-state index is 12.4. The van der Waals surface area contributed by atoms with Crippen molar-refractivity contribution in [1.29, 1.82) is 5.26 Å². The predicted molar refractivity (Wildman–Crippen MR) is 62.6 cm³/mol. The van der Waals surface area contributed by atoms with Crippen molar-refractivity contribution in [3.63, 3.8) is 0 Å². The molecule has 0 amide bonds. The molecule has 0 N–H and O–H groups in total. The molecule has 0 aliphatic heterocycles. The zero-order valence-corrected chi connectivity index (χ0v) is 10.2. The Morgan fingerprint density at radius 3 is 2.71 bits per heavy atom. The minimum Gasteiger partial charge on any atom is -0.226 e. The molecule has 1 radical (unpaired) electrons. The molecule has 17 heavy (non-hydrogen) atoms. The largest absolute Gasteiger partial charge is 0.416 e. The number of hydrogen-bond donors (Lipinski definition) is 0. The monoisotopic (exact) mass is 277 g/mol. The quantitative estimate of drug-likeness (QED) is 0.472. The van der Waals surface area contributed by atoms with Gasteiger partial charge < -0.3 is 0 Å². The Bertz CT molecular complexity index is 415. The Balaban J connectivity index is 2.64. The Morgan fingerprint density at radius 2 is 2.12 bits per heavy atom. The average molecular weight is 277 g/mol. The number of alkyl halides is 3. The van der Waals surface area contributed by atoms with Gasteiger partial charge in [-0.1, -0.05) is 6.07 Å². The molecule has 1 aromatic rings. The van der Waals surface area contributed by atoms with Gasteiger partial charge in [-0.15, -0.1) is 0 Å². The lowest BCUT2D eigenvalue weighted by Crippen LogP contribution is -2.05. The molecule has 0 heterocycles. The van der Waals surface area contributed by atoms with E-state index in [4.69, 9.17) is 5.26 Å². The van der Waals surface area contributed by atoms with Gasteiger partial charge in [0.05, 0.1) is 18.2 Å². The smallest absolute Gasteiger partial charge is 0.226 e. The van der Waals surface area contributed by atoms with Crippen LogP contribution >= 0.6 is 21.8 Å². The highest BCUT2D eigenvalue weighted by Crippen LogP contribution is 2.36. The molecule has 0 atom stereocenters. The Morgan fingerprint density at radius 1 is 1.41 bits per heavy atom. The molecule has 91 valence electrons. The molecule has 0 bridgehead atoms. The van der Waals surface area contributed by atoms with Crippen molar-refractivity contribution in [3.8, 4) is 6.07 Å². The van der Waals surface area contributed by atoms with Gasteiger partial charge in [0, 0.05) is 11.9 Å². The number of rotatable bonds is 4. The maximum Gasteiger partial charge on any atom is 0.416 e. The summed E-state index contributed by atoms with van der Waals surface area (Å²) in [5.74, 6) is 0. The summed E-state index contributed by atoms with van der Waals surface area (Å²) in [6.45, 7) is 0.108. The van der Waals surface area contributed by atoms with Crippen LogP contribution in [0.3, 0.4) is 0 Å². The molecule has 0 aliphatic carbocycles. The van der Waals surface area contributed by atoms with E-state index in [0.717, 1.165) is 33.9 Å². The van der Waals surface area contributed by atoms with Crippen LogP contribution in [0, 0.1) is 18.4 Å². The lowest BCUT2D eigenvalue weighted by Gasteiger charge is -2.11. The fraction of sp³-hybridized carbons (Fsp3) is 0.200. The van der Waals surface area contributed by atoms with Crippen LogP contribution in [0.4, 0.5) is 13.2 Å². The molecule has 0 fully saturated rings. The minimum absolute atomic E-state index is 0.108. The number of hydrogen-bond acceptors (Lipinski definition) is 4. The first-order chi connectivity index (χ1) is 7.93. The maximum atomic E-state index is 12.4. The first kappa shape index (κ1) is 14.2. The van der Waals surface area contributed by atoms with E-state index in [0.29, 0.717) is 4.90 Å². The third kappa shape index (κ3) is 4.89. The van der Waals surface area contributed by atoms with Gasteiger partial charge in [0.25, 0.3) is 0 Å². The predicted octanol–water partition coefficient (Wildman–Crippen LogP) is 3.98. The summed E-state index contributed by atoms with van der Waals surface area (Å²) in [5, 5.41) is 8.38. The second-order valence-corrected chi connectivity index (χ2v) is 5.23. The van der Waals surface area contributed by atoms with E-state index < -0.39 is 11.7 Å². The molecule has 0 saturated heterocycles. The average Bonchev–Trinajstić information content (AvgIpc) is 2.26. The van der Waals surface area contributed by atoms with Crippen LogP contribution in [0.2, 0.25) is 0 Å². The third-order valence-electron chi connectivity index (χ3n) is 1.65. The molecule has 0 aromatic heterocycles. The van der Waals surface area contributed by atoms with Crippen molar-refractivity contribution in [2.24, 2.45) is 0 Å².